The highest BCUT2D eigenvalue weighted by Gasteiger charge is 2.19. The topological polar surface area (TPSA) is 75.3 Å². The van der Waals surface area contributed by atoms with Crippen molar-refractivity contribution in [3.8, 4) is 0 Å². The van der Waals surface area contributed by atoms with Crippen LogP contribution in [0.15, 0.2) is 65.6 Å². The minimum Gasteiger partial charge on any atom is -0.319 e. The molecule has 5 nitrogen and oxygen atoms in total. The molecule has 0 aliphatic rings. The molecule has 3 aromatic rings. The van der Waals surface area contributed by atoms with Crippen molar-refractivity contribution >= 4 is 50.5 Å². The molecule has 29 heavy (non-hydrogen) atoms. The number of amides is 1. The lowest BCUT2D eigenvalue weighted by Gasteiger charge is -2.12. The van der Waals surface area contributed by atoms with Crippen LogP contribution in [-0.4, -0.2) is 14.3 Å². The Labute approximate surface area is 175 Å². The standard InChI is InChI=1S/C19H12Cl2F2N2O3S/c20-11-5-7-14(21)18(9-11)25-29(27,28)12-6-8-17(16(23)10-12)24-19(26)13-3-1-2-4-15(13)22/h1-10,25H,(H,24,26). The highest BCUT2D eigenvalue weighted by molar-refractivity contribution is 7.92. The van der Waals surface area contributed by atoms with Crippen LogP contribution in [0.3, 0.4) is 0 Å². The molecule has 0 aromatic heterocycles. The molecule has 2 N–H and O–H groups in total. The molecule has 3 aromatic carbocycles. The minimum atomic E-state index is -4.18. The van der Waals surface area contributed by atoms with Gasteiger partial charge in [-0.3, -0.25) is 9.52 Å². The van der Waals surface area contributed by atoms with Gasteiger partial charge in [-0.2, -0.15) is 0 Å². The van der Waals surface area contributed by atoms with Crippen LogP contribution < -0.4 is 10.0 Å². The van der Waals surface area contributed by atoms with Crippen molar-refractivity contribution in [2.75, 3.05) is 10.0 Å². The molecule has 0 spiro atoms. The number of nitrogens with one attached hydrogen (secondary N) is 2. The average Bonchev–Trinajstić information content (AvgIpc) is 2.66. The molecule has 3 rings (SSSR count). The summed E-state index contributed by atoms with van der Waals surface area (Å²) in [4.78, 5) is 11.7. The van der Waals surface area contributed by atoms with Crippen molar-refractivity contribution in [1.82, 2.24) is 0 Å². The van der Waals surface area contributed by atoms with Crippen molar-refractivity contribution in [3.63, 3.8) is 0 Å². The lowest BCUT2D eigenvalue weighted by atomic mass is 10.2. The van der Waals surface area contributed by atoms with E-state index in [2.05, 4.69) is 10.0 Å². The van der Waals surface area contributed by atoms with Crippen LogP contribution in [0.2, 0.25) is 10.0 Å². The zero-order chi connectivity index (χ0) is 21.2. The van der Waals surface area contributed by atoms with Crippen LogP contribution in [0.4, 0.5) is 20.2 Å². The number of sulfonamides is 1. The van der Waals surface area contributed by atoms with Gasteiger partial charge in [0.2, 0.25) is 0 Å². The Kier molecular flexibility index (Phi) is 6.07. The molecule has 1 amide bonds. The summed E-state index contributed by atoms with van der Waals surface area (Å²) in [5, 5.41) is 2.56. The SMILES string of the molecule is O=C(Nc1ccc(S(=O)(=O)Nc2cc(Cl)ccc2Cl)cc1F)c1ccccc1F. The highest BCUT2D eigenvalue weighted by Crippen LogP contribution is 2.28. The van der Waals surface area contributed by atoms with Gasteiger partial charge >= 0.3 is 0 Å². The molecular formula is C19H12Cl2F2N2O3S. The Morgan fingerprint density at radius 1 is 0.862 bits per heavy atom. The predicted octanol–water partition coefficient (Wildman–Crippen LogP) is 5.32. The summed E-state index contributed by atoms with van der Waals surface area (Å²) in [6.45, 7) is 0. The van der Waals surface area contributed by atoms with Gasteiger partial charge in [-0.05, 0) is 48.5 Å². The summed E-state index contributed by atoms with van der Waals surface area (Å²) in [5.41, 5.74) is -0.560. The summed E-state index contributed by atoms with van der Waals surface area (Å²) in [6.07, 6.45) is 0. The number of hydrogen-bond acceptors (Lipinski definition) is 3. The van der Waals surface area contributed by atoms with E-state index in [9.17, 15) is 22.0 Å². The normalized spacial score (nSPS) is 11.2. The van der Waals surface area contributed by atoms with Crippen molar-refractivity contribution in [2.24, 2.45) is 0 Å². The molecule has 0 atom stereocenters. The third-order valence-electron chi connectivity index (χ3n) is 3.79. The second-order valence-corrected chi connectivity index (χ2v) is 8.33. The van der Waals surface area contributed by atoms with Gasteiger partial charge in [-0.15, -0.1) is 0 Å². The van der Waals surface area contributed by atoms with E-state index in [1.165, 1.54) is 36.4 Å². The molecule has 0 saturated heterocycles. The Morgan fingerprint density at radius 3 is 2.28 bits per heavy atom. The molecule has 150 valence electrons. The number of rotatable bonds is 5. The van der Waals surface area contributed by atoms with Gasteiger partial charge in [0.15, 0.2) is 0 Å². The first-order valence-electron chi connectivity index (χ1n) is 8.01. The van der Waals surface area contributed by atoms with Crippen molar-refractivity contribution in [3.05, 3.63) is 87.9 Å². The Bertz CT molecular complexity index is 1200. The summed E-state index contributed by atoms with van der Waals surface area (Å²) in [5.74, 6) is -2.66. The van der Waals surface area contributed by atoms with Crippen LogP contribution in [0, 0.1) is 11.6 Å². The third-order valence-corrected chi connectivity index (χ3v) is 5.72. The smallest absolute Gasteiger partial charge is 0.262 e. The molecule has 0 unspecified atom stereocenters. The average molecular weight is 457 g/mol. The van der Waals surface area contributed by atoms with Crippen LogP contribution >= 0.6 is 23.2 Å². The first-order chi connectivity index (χ1) is 13.7. The van der Waals surface area contributed by atoms with Gasteiger partial charge < -0.3 is 5.32 Å². The molecule has 0 fully saturated rings. The maximum absolute atomic E-state index is 14.4. The van der Waals surface area contributed by atoms with Crippen LogP contribution in [0.5, 0.6) is 0 Å². The van der Waals surface area contributed by atoms with Crippen molar-refractivity contribution < 1.29 is 22.0 Å². The van der Waals surface area contributed by atoms with Gasteiger partial charge in [-0.25, -0.2) is 17.2 Å². The second-order valence-electron chi connectivity index (χ2n) is 5.81. The number of anilines is 2. The molecule has 0 radical (unpaired) electrons. The molecule has 0 aliphatic heterocycles. The maximum atomic E-state index is 14.4. The van der Waals surface area contributed by atoms with Gasteiger partial charge in [-0.1, -0.05) is 35.3 Å². The predicted molar refractivity (Wildman–Crippen MR) is 108 cm³/mol. The fourth-order valence-corrected chi connectivity index (χ4v) is 3.85. The molecule has 0 saturated carbocycles. The zero-order valence-corrected chi connectivity index (χ0v) is 16.7. The van der Waals surface area contributed by atoms with E-state index in [1.807, 2.05) is 0 Å². The second kappa shape index (κ2) is 8.36. The Balaban J connectivity index is 1.84. The summed E-state index contributed by atoms with van der Waals surface area (Å²) in [6, 6.07) is 12.2. The zero-order valence-electron chi connectivity index (χ0n) is 14.4. The van der Waals surface area contributed by atoms with Crippen LogP contribution in [0.1, 0.15) is 10.4 Å². The van der Waals surface area contributed by atoms with E-state index in [0.717, 1.165) is 24.3 Å². The van der Waals surface area contributed by atoms with E-state index in [0.29, 0.717) is 0 Å². The molecule has 0 bridgehead atoms. The number of carbonyl (C=O) groups excluding carboxylic acids is 1. The number of halogens is 4. The largest absolute Gasteiger partial charge is 0.319 e. The molecule has 10 heteroatoms. The highest BCUT2D eigenvalue weighted by atomic mass is 35.5. The van der Waals surface area contributed by atoms with Crippen molar-refractivity contribution in [1.29, 1.82) is 0 Å². The summed E-state index contributed by atoms with van der Waals surface area (Å²) < 4.78 is 55.3. The lowest BCUT2D eigenvalue weighted by molar-refractivity contribution is 0.102. The molecule has 0 heterocycles. The van der Waals surface area contributed by atoms with E-state index < -0.39 is 32.5 Å². The quantitative estimate of drug-likeness (QED) is 0.544. The van der Waals surface area contributed by atoms with Crippen LogP contribution in [-0.2, 0) is 10.0 Å². The van der Waals surface area contributed by atoms with Crippen LogP contribution in [0.25, 0.3) is 0 Å². The van der Waals surface area contributed by atoms with E-state index in [1.54, 1.807) is 0 Å². The number of hydrogen-bond donors (Lipinski definition) is 2. The van der Waals surface area contributed by atoms with E-state index >= 15 is 0 Å². The van der Waals surface area contributed by atoms with Gasteiger partial charge in [0.05, 0.1) is 26.9 Å². The van der Waals surface area contributed by atoms with E-state index in [4.69, 9.17) is 23.2 Å². The van der Waals surface area contributed by atoms with Gasteiger partial charge in [0.1, 0.15) is 11.6 Å². The Morgan fingerprint density at radius 2 is 1.59 bits per heavy atom. The fourth-order valence-electron chi connectivity index (χ4n) is 2.38. The minimum absolute atomic E-state index is 0.0245. The third kappa shape index (κ3) is 4.84. The first-order valence-corrected chi connectivity index (χ1v) is 10.2. The fraction of sp³-hybridized carbons (Fsp3) is 0. The number of carbonyl (C=O) groups is 1. The molecule has 0 aliphatic carbocycles. The summed E-state index contributed by atoms with van der Waals surface area (Å²) in [7, 11) is -4.18. The van der Waals surface area contributed by atoms with Gasteiger partial charge in [0, 0.05) is 5.02 Å². The lowest BCUT2D eigenvalue weighted by Crippen LogP contribution is -2.16. The molecular weight excluding hydrogens is 445 g/mol. The summed E-state index contributed by atoms with van der Waals surface area (Å²) >= 11 is 11.8. The van der Waals surface area contributed by atoms with Crippen molar-refractivity contribution in [2.45, 2.75) is 4.90 Å². The van der Waals surface area contributed by atoms with E-state index in [-0.39, 0.29) is 27.0 Å². The van der Waals surface area contributed by atoms with Gasteiger partial charge in [0.25, 0.3) is 15.9 Å². The maximum Gasteiger partial charge on any atom is 0.262 e. The first kappa shape index (κ1) is 21.0. The Hall–Kier alpha value is -2.68. The monoisotopic (exact) mass is 456 g/mol. The number of benzene rings is 3.